The van der Waals surface area contributed by atoms with Crippen LogP contribution in [0.2, 0.25) is 0 Å². The van der Waals surface area contributed by atoms with E-state index < -0.39 is 0 Å². The van der Waals surface area contributed by atoms with Crippen molar-refractivity contribution in [1.82, 2.24) is 19.9 Å². The van der Waals surface area contributed by atoms with Crippen LogP contribution in [0.5, 0.6) is 0 Å². The van der Waals surface area contributed by atoms with Gasteiger partial charge in [-0.15, -0.1) is 0 Å². The quantitative estimate of drug-likeness (QED) is 0.735. The van der Waals surface area contributed by atoms with Crippen molar-refractivity contribution in [1.29, 1.82) is 0 Å². The largest absolute Gasteiger partial charge is 0.380 e. The first-order chi connectivity index (χ1) is 13.6. The van der Waals surface area contributed by atoms with Gasteiger partial charge in [-0.2, -0.15) is 4.98 Å². The van der Waals surface area contributed by atoms with Gasteiger partial charge in [-0.25, -0.2) is 4.79 Å². The monoisotopic (exact) mass is 387 g/mol. The standard InChI is InChI=1S/C20H29N5O3/c1-4-18-14-25(10-9-24(18)11-12-27-5-2)20(26)22-17-8-6-7-16(13-17)19-21-15(3)28-23-19/h6-8,13,18H,4-5,9-12,14H2,1-3H3,(H,22,26)/t18-/m0/s1. The second kappa shape index (κ2) is 9.66. The highest BCUT2D eigenvalue weighted by atomic mass is 16.5. The maximum absolute atomic E-state index is 12.8. The number of urea groups is 1. The average molecular weight is 387 g/mol. The van der Waals surface area contributed by atoms with Gasteiger partial charge in [-0.3, -0.25) is 4.90 Å². The first kappa shape index (κ1) is 20.3. The SMILES string of the molecule is CCOCCN1CCN(C(=O)Nc2cccc(-c3noc(C)n3)c2)C[C@@H]1CC. The number of ether oxygens (including phenoxy) is 1. The van der Waals surface area contributed by atoms with Crippen LogP contribution in [-0.4, -0.2) is 71.4 Å². The topological polar surface area (TPSA) is 83.7 Å². The van der Waals surface area contributed by atoms with Crippen LogP contribution in [0.4, 0.5) is 10.5 Å². The molecule has 1 aromatic heterocycles. The van der Waals surface area contributed by atoms with Gasteiger partial charge in [-0.1, -0.05) is 24.2 Å². The molecule has 0 aliphatic carbocycles. The van der Waals surface area contributed by atoms with Crippen LogP contribution in [0.25, 0.3) is 11.4 Å². The Kier molecular flexibility index (Phi) is 7.00. The summed E-state index contributed by atoms with van der Waals surface area (Å²) in [7, 11) is 0. The number of carbonyl (C=O) groups is 1. The Hall–Kier alpha value is -2.45. The van der Waals surface area contributed by atoms with Gasteiger partial charge in [0, 0.05) is 57.0 Å². The van der Waals surface area contributed by atoms with Crippen molar-refractivity contribution < 1.29 is 14.1 Å². The number of rotatable bonds is 7. The second-order valence-electron chi connectivity index (χ2n) is 6.89. The van der Waals surface area contributed by atoms with E-state index in [1.807, 2.05) is 36.1 Å². The number of anilines is 1. The van der Waals surface area contributed by atoms with Crippen LogP contribution in [0.1, 0.15) is 26.2 Å². The fourth-order valence-corrected chi connectivity index (χ4v) is 3.44. The Morgan fingerprint density at radius 2 is 2.21 bits per heavy atom. The molecule has 1 aliphatic rings. The molecule has 1 atom stereocenters. The number of amides is 2. The average Bonchev–Trinajstić information content (AvgIpc) is 3.15. The Balaban J connectivity index is 1.59. The number of hydrogen-bond acceptors (Lipinski definition) is 6. The van der Waals surface area contributed by atoms with Crippen LogP contribution in [0, 0.1) is 6.92 Å². The molecular formula is C20H29N5O3. The Bertz CT molecular complexity index is 779. The lowest BCUT2D eigenvalue weighted by Crippen LogP contribution is -2.56. The molecule has 152 valence electrons. The molecule has 2 amide bonds. The molecule has 8 nitrogen and oxygen atoms in total. The van der Waals surface area contributed by atoms with Crippen LogP contribution < -0.4 is 5.32 Å². The molecular weight excluding hydrogens is 358 g/mol. The van der Waals surface area contributed by atoms with Crippen molar-refractivity contribution in [3.05, 3.63) is 30.2 Å². The zero-order valence-corrected chi connectivity index (χ0v) is 16.9. The fourth-order valence-electron chi connectivity index (χ4n) is 3.44. The van der Waals surface area contributed by atoms with E-state index in [1.165, 1.54) is 0 Å². The van der Waals surface area contributed by atoms with Gasteiger partial charge < -0.3 is 19.5 Å². The molecule has 1 aliphatic heterocycles. The summed E-state index contributed by atoms with van der Waals surface area (Å²) in [5, 5.41) is 6.93. The molecule has 1 aromatic carbocycles. The fraction of sp³-hybridized carbons (Fsp3) is 0.550. The van der Waals surface area contributed by atoms with Crippen molar-refractivity contribution in [2.24, 2.45) is 0 Å². The van der Waals surface area contributed by atoms with E-state index in [0.29, 0.717) is 24.3 Å². The van der Waals surface area contributed by atoms with Gasteiger partial charge in [0.05, 0.1) is 6.61 Å². The number of piperazine rings is 1. The molecule has 1 N–H and O–H groups in total. The molecule has 0 bridgehead atoms. The van der Waals surface area contributed by atoms with Gasteiger partial charge in [-0.05, 0) is 25.5 Å². The number of aryl methyl sites for hydroxylation is 1. The molecule has 0 spiro atoms. The number of aromatic nitrogens is 2. The smallest absolute Gasteiger partial charge is 0.321 e. The van der Waals surface area contributed by atoms with E-state index in [2.05, 4.69) is 27.3 Å². The van der Waals surface area contributed by atoms with E-state index in [4.69, 9.17) is 9.26 Å². The van der Waals surface area contributed by atoms with Crippen LogP contribution in [0.15, 0.2) is 28.8 Å². The summed E-state index contributed by atoms with van der Waals surface area (Å²) >= 11 is 0. The number of hydrogen-bond donors (Lipinski definition) is 1. The lowest BCUT2D eigenvalue weighted by Gasteiger charge is -2.41. The third kappa shape index (κ3) is 5.08. The summed E-state index contributed by atoms with van der Waals surface area (Å²) in [6.07, 6.45) is 1.00. The van der Waals surface area contributed by atoms with Crippen molar-refractivity contribution in [2.75, 3.05) is 44.7 Å². The Labute approximate surface area is 165 Å². The number of nitrogens with zero attached hydrogens (tertiary/aromatic N) is 4. The molecule has 2 heterocycles. The third-order valence-electron chi connectivity index (χ3n) is 4.99. The molecule has 1 saturated heterocycles. The van der Waals surface area contributed by atoms with E-state index in [1.54, 1.807) is 6.92 Å². The molecule has 0 saturated carbocycles. The summed E-state index contributed by atoms with van der Waals surface area (Å²) in [5.74, 6) is 1.03. The van der Waals surface area contributed by atoms with Crippen LogP contribution >= 0.6 is 0 Å². The van der Waals surface area contributed by atoms with Gasteiger partial charge in [0.2, 0.25) is 11.7 Å². The van der Waals surface area contributed by atoms with Crippen molar-refractivity contribution in [2.45, 2.75) is 33.2 Å². The highest BCUT2D eigenvalue weighted by molar-refractivity contribution is 5.90. The third-order valence-corrected chi connectivity index (χ3v) is 4.99. The minimum atomic E-state index is -0.0793. The van der Waals surface area contributed by atoms with Gasteiger partial charge >= 0.3 is 6.03 Å². The number of nitrogens with one attached hydrogen (secondary N) is 1. The Morgan fingerprint density at radius 1 is 1.36 bits per heavy atom. The van der Waals surface area contributed by atoms with Crippen molar-refractivity contribution in [3.63, 3.8) is 0 Å². The molecule has 0 unspecified atom stereocenters. The van der Waals surface area contributed by atoms with Crippen molar-refractivity contribution >= 4 is 11.7 Å². The highest BCUT2D eigenvalue weighted by Crippen LogP contribution is 2.21. The predicted octanol–water partition coefficient (Wildman–Crippen LogP) is 3.01. The van der Waals surface area contributed by atoms with E-state index >= 15 is 0 Å². The van der Waals surface area contributed by atoms with Crippen LogP contribution in [0.3, 0.4) is 0 Å². The minimum Gasteiger partial charge on any atom is -0.380 e. The van der Waals surface area contributed by atoms with Crippen molar-refractivity contribution in [3.8, 4) is 11.4 Å². The summed E-state index contributed by atoms with van der Waals surface area (Å²) in [4.78, 5) is 21.3. The molecule has 8 heteroatoms. The number of benzene rings is 1. The summed E-state index contributed by atoms with van der Waals surface area (Å²) < 4.78 is 10.5. The molecule has 3 rings (SSSR count). The maximum atomic E-state index is 12.8. The summed E-state index contributed by atoms with van der Waals surface area (Å²) in [5.41, 5.74) is 1.53. The van der Waals surface area contributed by atoms with E-state index in [9.17, 15) is 4.79 Å². The lowest BCUT2D eigenvalue weighted by molar-refractivity contribution is 0.0545. The molecule has 0 radical (unpaired) electrons. The van der Waals surface area contributed by atoms with E-state index in [-0.39, 0.29) is 6.03 Å². The second-order valence-corrected chi connectivity index (χ2v) is 6.89. The zero-order chi connectivity index (χ0) is 19.9. The van der Waals surface area contributed by atoms with E-state index in [0.717, 1.165) is 50.5 Å². The number of carbonyl (C=O) groups excluding carboxylic acids is 1. The summed E-state index contributed by atoms with van der Waals surface area (Å²) in [6.45, 7) is 10.6. The maximum Gasteiger partial charge on any atom is 0.321 e. The first-order valence-corrected chi connectivity index (χ1v) is 9.89. The van der Waals surface area contributed by atoms with Gasteiger partial charge in [0.25, 0.3) is 0 Å². The predicted molar refractivity (Wildman–Crippen MR) is 107 cm³/mol. The minimum absolute atomic E-state index is 0.0793. The van der Waals surface area contributed by atoms with Crippen LogP contribution in [-0.2, 0) is 4.74 Å². The molecule has 1 fully saturated rings. The highest BCUT2D eigenvalue weighted by Gasteiger charge is 2.28. The zero-order valence-electron chi connectivity index (χ0n) is 16.9. The normalized spacial score (nSPS) is 17.7. The summed E-state index contributed by atoms with van der Waals surface area (Å²) in [6, 6.07) is 7.77. The molecule has 28 heavy (non-hydrogen) atoms. The molecule has 2 aromatic rings. The van der Waals surface area contributed by atoms with Gasteiger partial charge in [0.1, 0.15) is 0 Å². The first-order valence-electron chi connectivity index (χ1n) is 9.89. The van der Waals surface area contributed by atoms with Gasteiger partial charge in [0.15, 0.2) is 0 Å². The lowest BCUT2D eigenvalue weighted by atomic mass is 10.1. The Morgan fingerprint density at radius 3 is 2.93 bits per heavy atom.